The maximum atomic E-state index is 11.9. The number of primary sulfonamides is 1. The highest BCUT2D eigenvalue weighted by atomic mass is 32.2. The molecular formula is C12H15N3O5S. The number of ether oxygens (including phenoxy) is 1. The first-order valence-corrected chi connectivity index (χ1v) is 7.87. The fourth-order valence-corrected chi connectivity index (χ4v) is 3.11. The molecule has 1 atom stereocenters. The van der Waals surface area contributed by atoms with Crippen LogP contribution in [0, 0.1) is 5.92 Å². The lowest BCUT2D eigenvalue weighted by molar-refractivity contribution is -0.117. The highest BCUT2D eigenvalue weighted by molar-refractivity contribution is 7.89. The second-order valence-corrected chi connectivity index (χ2v) is 6.46. The molecule has 0 aromatic carbocycles. The van der Waals surface area contributed by atoms with Crippen LogP contribution in [0.1, 0.15) is 16.8 Å². The molecule has 1 unspecified atom stereocenters. The third kappa shape index (κ3) is 3.76. The number of hydrogen-bond donors (Lipinski definition) is 1. The van der Waals surface area contributed by atoms with Gasteiger partial charge in [0.1, 0.15) is 5.82 Å². The SMILES string of the molecule is COC(=O)c1ccc(N2CC(CS(N)(=O)=O)CC2=O)nc1. The quantitative estimate of drug-likeness (QED) is 0.749. The summed E-state index contributed by atoms with van der Waals surface area (Å²) in [5.74, 6) is -0.967. The van der Waals surface area contributed by atoms with Crippen LogP contribution in [0.5, 0.6) is 0 Å². The Morgan fingerprint density at radius 3 is 2.76 bits per heavy atom. The van der Waals surface area contributed by atoms with Crippen molar-refractivity contribution in [2.75, 3.05) is 24.3 Å². The van der Waals surface area contributed by atoms with Crippen molar-refractivity contribution in [3.8, 4) is 0 Å². The van der Waals surface area contributed by atoms with Crippen molar-refractivity contribution >= 4 is 27.7 Å². The van der Waals surface area contributed by atoms with Gasteiger partial charge in [0, 0.05) is 25.1 Å². The normalized spacial score (nSPS) is 18.9. The Hall–Kier alpha value is -2.00. The maximum absolute atomic E-state index is 11.9. The van der Waals surface area contributed by atoms with E-state index < -0.39 is 16.0 Å². The van der Waals surface area contributed by atoms with Crippen LogP contribution >= 0.6 is 0 Å². The maximum Gasteiger partial charge on any atom is 0.339 e. The minimum Gasteiger partial charge on any atom is -0.465 e. The van der Waals surface area contributed by atoms with Gasteiger partial charge in [0.15, 0.2) is 0 Å². The molecule has 1 aromatic rings. The zero-order valence-electron chi connectivity index (χ0n) is 11.4. The smallest absolute Gasteiger partial charge is 0.339 e. The number of hydrogen-bond acceptors (Lipinski definition) is 6. The Morgan fingerprint density at radius 2 is 2.24 bits per heavy atom. The fraction of sp³-hybridized carbons (Fsp3) is 0.417. The molecule has 1 amide bonds. The standard InChI is InChI=1S/C12H15N3O5S/c1-20-12(17)9-2-3-10(14-5-9)15-6-8(4-11(15)16)7-21(13,18)19/h2-3,5,8H,4,6-7H2,1H3,(H2,13,18,19). The number of carbonyl (C=O) groups is 2. The van der Waals surface area contributed by atoms with Gasteiger partial charge in [0.05, 0.1) is 18.4 Å². The molecule has 1 aliphatic heterocycles. The molecule has 2 heterocycles. The van der Waals surface area contributed by atoms with Crippen molar-refractivity contribution in [3.05, 3.63) is 23.9 Å². The van der Waals surface area contributed by atoms with Crippen LogP contribution in [-0.4, -0.2) is 44.7 Å². The molecule has 0 aliphatic carbocycles. The van der Waals surface area contributed by atoms with Crippen LogP contribution in [0.2, 0.25) is 0 Å². The molecule has 1 aliphatic rings. The molecule has 0 spiro atoms. The Labute approximate surface area is 121 Å². The van der Waals surface area contributed by atoms with E-state index in [9.17, 15) is 18.0 Å². The van der Waals surface area contributed by atoms with E-state index in [1.165, 1.54) is 30.3 Å². The number of rotatable bonds is 4. The number of nitrogens with two attached hydrogens (primary N) is 1. The predicted molar refractivity (Wildman–Crippen MR) is 74.0 cm³/mol. The molecule has 8 nitrogen and oxygen atoms in total. The first kappa shape index (κ1) is 15.4. The van der Waals surface area contributed by atoms with Crippen LogP contribution in [0.4, 0.5) is 5.82 Å². The molecule has 0 bridgehead atoms. The second kappa shape index (κ2) is 5.78. The average Bonchev–Trinajstić information content (AvgIpc) is 2.76. The summed E-state index contributed by atoms with van der Waals surface area (Å²) in [6.45, 7) is 0.236. The van der Waals surface area contributed by atoms with Gasteiger partial charge in [-0.2, -0.15) is 0 Å². The fourth-order valence-electron chi connectivity index (χ4n) is 2.23. The molecule has 9 heteroatoms. The lowest BCUT2D eigenvalue weighted by Crippen LogP contribution is -2.28. The minimum atomic E-state index is -3.62. The van der Waals surface area contributed by atoms with E-state index in [0.717, 1.165) is 0 Å². The van der Waals surface area contributed by atoms with Gasteiger partial charge in [-0.25, -0.2) is 23.3 Å². The van der Waals surface area contributed by atoms with Crippen LogP contribution in [0.15, 0.2) is 18.3 Å². The van der Waals surface area contributed by atoms with Gasteiger partial charge < -0.3 is 4.74 Å². The number of carbonyl (C=O) groups excluding carboxylic acids is 2. The zero-order chi connectivity index (χ0) is 15.6. The number of pyridine rings is 1. The molecule has 21 heavy (non-hydrogen) atoms. The molecule has 114 valence electrons. The van der Waals surface area contributed by atoms with Crippen molar-refractivity contribution in [2.45, 2.75) is 6.42 Å². The summed E-state index contributed by atoms with van der Waals surface area (Å²) in [4.78, 5) is 28.6. The van der Waals surface area contributed by atoms with Gasteiger partial charge in [-0.15, -0.1) is 0 Å². The number of anilines is 1. The number of sulfonamides is 1. The number of aromatic nitrogens is 1. The molecular weight excluding hydrogens is 298 g/mol. The first-order chi connectivity index (χ1) is 9.80. The van der Waals surface area contributed by atoms with Crippen molar-refractivity contribution in [1.29, 1.82) is 0 Å². The van der Waals surface area contributed by atoms with Crippen LogP contribution in [0.3, 0.4) is 0 Å². The van der Waals surface area contributed by atoms with Gasteiger partial charge in [-0.1, -0.05) is 0 Å². The number of nitrogens with zero attached hydrogens (tertiary/aromatic N) is 2. The van der Waals surface area contributed by atoms with Crippen molar-refractivity contribution in [3.63, 3.8) is 0 Å². The summed E-state index contributed by atoms with van der Waals surface area (Å²) in [6.07, 6.45) is 1.41. The van der Waals surface area contributed by atoms with Crippen molar-refractivity contribution in [1.82, 2.24) is 4.98 Å². The lowest BCUT2D eigenvalue weighted by atomic mass is 10.1. The number of methoxy groups -OCH3 is 1. The third-order valence-corrected chi connectivity index (χ3v) is 4.05. The van der Waals surface area contributed by atoms with Crippen LogP contribution in [0.25, 0.3) is 0 Å². The zero-order valence-corrected chi connectivity index (χ0v) is 12.2. The Bertz CT molecular complexity index is 656. The van der Waals surface area contributed by atoms with E-state index in [2.05, 4.69) is 9.72 Å². The topological polar surface area (TPSA) is 120 Å². The highest BCUT2D eigenvalue weighted by Crippen LogP contribution is 2.24. The largest absolute Gasteiger partial charge is 0.465 e. The lowest BCUT2D eigenvalue weighted by Gasteiger charge is -2.15. The summed E-state index contributed by atoms with van der Waals surface area (Å²) in [7, 11) is -2.36. The van der Waals surface area contributed by atoms with E-state index in [0.29, 0.717) is 5.82 Å². The Balaban J connectivity index is 2.12. The van der Waals surface area contributed by atoms with Gasteiger partial charge in [-0.3, -0.25) is 9.69 Å². The van der Waals surface area contributed by atoms with Gasteiger partial charge >= 0.3 is 5.97 Å². The van der Waals surface area contributed by atoms with Gasteiger partial charge in [-0.05, 0) is 12.1 Å². The van der Waals surface area contributed by atoms with E-state index in [-0.39, 0.29) is 36.1 Å². The molecule has 0 saturated carbocycles. The summed E-state index contributed by atoms with van der Waals surface area (Å²) in [5.41, 5.74) is 0.272. The summed E-state index contributed by atoms with van der Waals surface area (Å²) in [5, 5.41) is 4.99. The Kier molecular flexibility index (Phi) is 4.24. The predicted octanol–water partition coefficient (Wildman–Crippen LogP) is -0.490. The molecule has 2 rings (SSSR count). The van der Waals surface area contributed by atoms with E-state index in [1.54, 1.807) is 0 Å². The second-order valence-electron chi connectivity index (χ2n) is 4.80. The monoisotopic (exact) mass is 313 g/mol. The third-order valence-electron chi connectivity index (χ3n) is 3.12. The average molecular weight is 313 g/mol. The van der Waals surface area contributed by atoms with E-state index in [1.807, 2.05) is 0 Å². The minimum absolute atomic E-state index is 0.108. The van der Waals surface area contributed by atoms with E-state index in [4.69, 9.17) is 5.14 Å². The van der Waals surface area contributed by atoms with Crippen LogP contribution < -0.4 is 10.0 Å². The van der Waals surface area contributed by atoms with Crippen LogP contribution in [-0.2, 0) is 19.6 Å². The molecule has 1 fully saturated rings. The molecule has 0 radical (unpaired) electrons. The number of esters is 1. The molecule has 1 saturated heterocycles. The van der Waals surface area contributed by atoms with Crippen molar-refractivity contribution < 1.29 is 22.7 Å². The van der Waals surface area contributed by atoms with Gasteiger partial charge in [0.2, 0.25) is 15.9 Å². The molecule has 2 N–H and O–H groups in total. The summed E-state index contributed by atoms with van der Waals surface area (Å²) >= 11 is 0. The first-order valence-electron chi connectivity index (χ1n) is 6.15. The van der Waals surface area contributed by atoms with Gasteiger partial charge in [0.25, 0.3) is 0 Å². The summed E-state index contributed by atoms with van der Waals surface area (Å²) < 4.78 is 26.7. The highest BCUT2D eigenvalue weighted by Gasteiger charge is 2.33. The number of amides is 1. The Morgan fingerprint density at radius 1 is 1.52 bits per heavy atom. The van der Waals surface area contributed by atoms with E-state index >= 15 is 0 Å². The summed E-state index contributed by atoms with van der Waals surface area (Å²) in [6, 6.07) is 3.01. The van der Waals surface area contributed by atoms with Crippen molar-refractivity contribution in [2.24, 2.45) is 11.1 Å². The molecule has 1 aromatic heterocycles.